The molecule has 0 N–H and O–H groups in total. The van der Waals surface area contributed by atoms with E-state index in [0.29, 0.717) is 4.90 Å². The van der Waals surface area contributed by atoms with Gasteiger partial charge in [-0.3, -0.25) is 0 Å². The van der Waals surface area contributed by atoms with Gasteiger partial charge < -0.3 is 9.80 Å². The third-order valence-corrected chi connectivity index (χ3v) is 4.57. The Labute approximate surface area is 161 Å². The maximum absolute atomic E-state index is 13.8. The van der Waals surface area contributed by atoms with Gasteiger partial charge >= 0.3 is 0 Å². The SMILES string of the molecule is CN(C)CCN(C)Cc1ccccc1Sc1ccccc1F.Cl.Cl. The number of benzene rings is 2. The molecule has 0 aliphatic rings. The van der Waals surface area contributed by atoms with Gasteiger partial charge in [-0.1, -0.05) is 42.1 Å². The van der Waals surface area contributed by atoms with Gasteiger partial charge in [0.15, 0.2) is 0 Å². The van der Waals surface area contributed by atoms with Crippen LogP contribution < -0.4 is 0 Å². The van der Waals surface area contributed by atoms with Crippen molar-refractivity contribution >= 4 is 36.6 Å². The summed E-state index contributed by atoms with van der Waals surface area (Å²) in [7, 11) is 6.28. The average Bonchev–Trinajstić information content (AvgIpc) is 2.49. The smallest absolute Gasteiger partial charge is 0.137 e. The molecular weight excluding hydrogens is 366 g/mol. The van der Waals surface area contributed by atoms with Crippen LogP contribution in [0.5, 0.6) is 0 Å². The Morgan fingerprint density at radius 2 is 1.42 bits per heavy atom. The van der Waals surface area contributed by atoms with E-state index >= 15 is 0 Å². The van der Waals surface area contributed by atoms with Crippen LogP contribution in [0.2, 0.25) is 0 Å². The number of nitrogens with zero attached hydrogens (tertiary/aromatic N) is 2. The standard InChI is InChI=1S/C18H23FN2S.2ClH/c1-20(2)12-13-21(3)14-15-8-4-6-10-17(15)22-18-11-7-5-9-16(18)19;;/h4-11H,12-14H2,1-3H3;2*1H. The molecule has 0 spiro atoms. The van der Waals surface area contributed by atoms with Crippen molar-refractivity contribution in [2.45, 2.75) is 16.3 Å². The highest BCUT2D eigenvalue weighted by Gasteiger charge is 2.09. The van der Waals surface area contributed by atoms with E-state index in [2.05, 4.69) is 43.1 Å². The third-order valence-electron chi connectivity index (χ3n) is 3.40. The molecule has 0 saturated carbocycles. The normalized spacial score (nSPS) is 10.4. The predicted molar refractivity (Wildman–Crippen MR) is 106 cm³/mol. The number of rotatable bonds is 7. The van der Waals surface area contributed by atoms with Gasteiger partial charge in [0, 0.05) is 29.4 Å². The van der Waals surface area contributed by atoms with Gasteiger partial charge in [-0.25, -0.2) is 4.39 Å². The highest BCUT2D eigenvalue weighted by atomic mass is 35.5. The zero-order valence-electron chi connectivity index (χ0n) is 14.2. The summed E-state index contributed by atoms with van der Waals surface area (Å²) in [5.74, 6) is -0.164. The first-order valence-electron chi connectivity index (χ1n) is 7.40. The minimum atomic E-state index is -0.164. The summed E-state index contributed by atoms with van der Waals surface area (Å²) in [4.78, 5) is 6.26. The minimum Gasteiger partial charge on any atom is -0.308 e. The summed E-state index contributed by atoms with van der Waals surface area (Å²) in [6.45, 7) is 2.90. The van der Waals surface area contributed by atoms with Crippen molar-refractivity contribution < 1.29 is 4.39 Å². The lowest BCUT2D eigenvalue weighted by Gasteiger charge is -2.20. The summed E-state index contributed by atoms with van der Waals surface area (Å²) >= 11 is 1.50. The molecule has 0 heterocycles. The molecular formula is C18H25Cl2FN2S. The highest BCUT2D eigenvalue weighted by molar-refractivity contribution is 7.99. The fourth-order valence-electron chi connectivity index (χ4n) is 2.12. The summed E-state index contributed by atoms with van der Waals surface area (Å²) in [5.41, 5.74) is 1.23. The topological polar surface area (TPSA) is 6.48 Å². The third kappa shape index (κ3) is 7.41. The van der Waals surface area contributed by atoms with Crippen molar-refractivity contribution in [1.29, 1.82) is 0 Å². The zero-order chi connectivity index (χ0) is 15.9. The van der Waals surface area contributed by atoms with Crippen LogP contribution in [-0.2, 0) is 6.54 Å². The van der Waals surface area contributed by atoms with Crippen LogP contribution in [-0.4, -0.2) is 44.0 Å². The Balaban J connectivity index is 0.00000264. The van der Waals surface area contributed by atoms with Crippen LogP contribution in [0.4, 0.5) is 4.39 Å². The lowest BCUT2D eigenvalue weighted by molar-refractivity contribution is 0.275. The number of hydrogen-bond donors (Lipinski definition) is 0. The maximum Gasteiger partial charge on any atom is 0.137 e. The van der Waals surface area contributed by atoms with Crippen molar-refractivity contribution in [2.75, 3.05) is 34.2 Å². The van der Waals surface area contributed by atoms with E-state index in [1.807, 2.05) is 24.3 Å². The van der Waals surface area contributed by atoms with Crippen LogP contribution in [0, 0.1) is 5.82 Å². The zero-order valence-corrected chi connectivity index (χ0v) is 16.7. The first-order chi connectivity index (χ1) is 10.6. The molecule has 0 amide bonds. The van der Waals surface area contributed by atoms with E-state index in [4.69, 9.17) is 0 Å². The molecule has 0 bridgehead atoms. The second-order valence-electron chi connectivity index (χ2n) is 5.68. The Hall–Kier alpha value is -0.780. The van der Waals surface area contributed by atoms with Crippen molar-refractivity contribution in [3.8, 4) is 0 Å². The van der Waals surface area contributed by atoms with Crippen molar-refractivity contribution in [3.63, 3.8) is 0 Å². The number of likely N-dealkylation sites (N-methyl/N-ethyl adjacent to an activating group) is 2. The number of halogens is 3. The Bertz CT molecular complexity index is 611. The monoisotopic (exact) mass is 390 g/mol. The molecule has 2 aromatic rings. The molecule has 0 aliphatic heterocycles. The van der Waals surface area contributed by atoms with Crippen molar-refractivity contribution in [2.24, 2.45) is 0 Å². The second kappa shape index (κ2) is 11.7. The number of hydrogen-bond acceptors (Lipinski definition) is 3. The van der Waals surface area contributed by atoms with Crippen LogP contribution in [0.1, 0.15) is 5.56 Å². The van der Waals surface area contributed by atoms with Crippen molar-refractivity contribution in [1.82, 2.24) is 9.80 Å². The molecule has 2 aromatic carbocycles. The molecule has 0 aliphatic carbocycles. The molecule has 2 nitrogen and oxygen atoms in total. The van der Waals surface area contributed by atoms with Gasteiger partial charge in [0.25, 0.3) is 0 Å². The lowest BCUT2D eigenvalue weighted by atomic mass is 10.2. The fourth-order valence-corrected chi connectivity index (χ4v) is 3.08. The summed E-state index contributed by atoms with van der Waals surface area (Å²) in [6.07, 6.45) is 0. The highest BCUT2D eigenvalue weighted by Crippen LogP contribution is 2.32. The van der Waals surface area contributed by atoms with Crippen molar-refractivity contribution in [3.05, 3.63) is 59.9 Å². The quantitative estimate of drug-likeness (QED) is 0.669. The van der Waals surface area contributed by atoms with Gasteiger partial charge in [-0.05, 0) is 44.9 Å². The molecule has 0 aromatic heterocycles. The fraction of sp³-hybridized carbons (Fsp3) is 0.333. The lowest BCUT2D eigenvalue weighted by Crippen LogP contribution is -2.28. The Morgan fingerprint density at radius 1 is 0.833 bits per heavy atom. The van der Waals surface area contributed by atoms with Gasteiger partial charge in [-0.15, -0.1) is 24.8 Å². The molecule has 0 fully saturated rings. The van der Waals surface area contributed by atoms with Gasteiger partial charge in [0.1, 0.15) is 5.82 Å². The van der Waals surface area contributed by atoms with E-state index in [9.17, 15) is 4.39 Å². The predicted octanol–water partition coefficient (Wildman–Crippen LogP) is 4.81. The molecule has 0 radical (unpaired) electrons. The Kier molecular flexibility index (Phi) is 11.3. The Morgan fingerprint density at radius 3 is 2.04 bits per heavy atom. The van der Waals surface area contributed by atoms with Gasteiger partial charge in [0.2, 0.25) is 0 Å². The minimum absolute atomic E-state index is 0. The van der Waals surface area contributed by atoms with E-state index in [0.717, 1.165) is 24.5 Å². The molecule has 0 unspecified atom stereocenters. The van der Waals surface area contributed by atoms with Gasteiger partial charge in [-0.2, -0.15) is 0 Å². The molecule has 134 valence electrons. The van der Waals surface area contributed by atoms with Crippen LogP contribution >= 0.6 is 36.6 Å². The second-order valence-corrected chi connectivity index (χ2v) is 6.77. The van der Waals surface area contributed by atoms with Gasteiger partial charge in [0.05, 0.1) is 0 Å². The summed E-state index contributed by atoms with van der Waals surface area (Å²) in [5, 5.41) is 0. The largest absolute Gasteiger partial charge is 0.308 e. The van der Waals surface area contributed by atoms with Crippen LogP contribution in [0.3, 0.4) is 0 Å². The molecule has 2 rings (SSSR count). The molecule has 24 heavy (non-hydrogen) atoms. The maximum atomic E-state index is 13.8. The van der Waals surface area contributed by atoms with E-state index in [-0.39, 0.29) is 30.6 Å². The average molecular weight is 391 g/mol. The van der Waals surface area contributed by atoms with E-state index < -0.39 is 0 Å². The summed E-state index contributed by atoms with van der Waals surface area (Å²) in [6, 6.07) is 15.2. The van der Waals surface area contributed by atoms with E-state index in [1.165, 1.54) is 23.4 Å². The first kappa shape index (κ1) is 23.2. The summed E-state index contributed by atoms with van der Waals surface area (Å²) < 4.78 is 13.8. The molecule has 0 atom stereocenters. The molecule has 0 saturated heterocycles. The van der Waals surface area contributed by atoms with Crippen LogP contribution in [0.15, 0.2) is 58.3 Å². The van der Waals surface area contributed by atoms with Crippen LogP contribution in [0.25, 0.3) is 0 Å². The molecule has 6 heteroatoms. The first-order valence-corrected chi connectivity index (χ1v) is 8.21. The van der Waals surface area contributed by atoms with E-state index in [1.54, 1.807) is 6.07 Å².